The van der Waals surface area contributed by atoms with Crippen molar-refractivity contribution in [2.24, 2.45) is 0 Å². The molecule has 1 saturated heterocycles. The predicted octanol–water partition coefficient (Wildman–Crippen LogP) is 1.82. The molecule has 1 fully saturated rings. The fourth-order valence-corrected chi connectivity index (χ4v) is 4.35. The smallest absolute Gasteiger partial charge is 0.341 e. The van der Waals surface area contributed by atoms with Crippen LogP contribution in [0.5, 0.6) is 0 Å². The summed E-state index contributed by atoms with van der Waals surface area (Å²) in [6.45, 7) is 7.93. The van der Waals surface area contributed by atoms with Crippen molar-refractivity contribution < 1.29 is 28.4 Å². The number of amides is 1. The summed E-state index contributed by atoms with van der Waals surface area (Å²) in [5.41, 5.74) is 0.962. The molecule has 3 rings (SSSR count). The average Bonchev–Trinajstić information content (AvgIpc) is 3.23. The van der Waals surface area contributed by atoms with Crippen LogP contribution in [-0.4, -0.2) is 50.3 Å². The Morgan fingerprint density at radius 1 is 1.33 bits per heavy atom. The molecule has 3 heterocycles. The van der Waals surface area contributed by atoms with Gasteiger partial charge in [-0.05, 0) is 32.9 Å². The second-order valence-electron chi connectivity index (χ2n) is 6.69. The molecule has 2 N–H and O–H groups in total. The van der Waals surface area contributed by atoms with Gasteiger partial charge in [0, 0.05) is 10.9 Å². The third kappa shape index (κ3) is 4.77. The fraction of sp³-hybridized carbons (Fsp3) is 0.474. The zero-order valence-electron chi connectivity index (χ0n) is 15.7. The van der Waals surface area contributed by atoms with Crippen LogP contribution in [0.4, 0.5) is 5.00 Å². The summed E-state index contributed by atoms with van der Waals surface area (Å²) in [5.74, 6) is -0.0395. The molecule has 2 aromatic heterocycles. The first-order valence-electron chi connectivity index (χ1n) is 9.09. The van der Waals surface area contributed by atoms with Crippen molar-refractivity contribution in [2.45, 2.75) is 33.0 Å². The maximum Gasteiger partial charge on any atom is 0.341 e. The van der Waals surface area contributed by atoms with Crippen molar-refractivity contribution in [1.82, 2.24) is 0 Å². The highest BCUT2D eigenvalue weighted by molar-refractivity contribution is 7.15. The van der Waals surface area contributed by atoms with E-state index in [-0.39, 0.29) is 24.7 Å². The Morgan fingerprint density at radius 2 is 2.07 bits per heavy atom. The van der Waals surface area contributed by atoms with Gasteiger partial charge in [-0.1, -0.05) is 0 Å². The third-order valence-electron chi connectivity index (χ3n) is 4.34. The lowest BCUT2D eigenvalue weighted by Crippen LogP contribution is -3.16. The molecule has 146 valence electrons. The van der Waals surface area contributed by atoms with Gasteiger partial charge in [-0.2, -0.15) is 0 Å². The lowest BCUT2D eigenvalue weighted by molar-refractivity contribution is -0.907. The van der Waals surface area contributed by atoms with Gasteiger partial charge in [-0.25, -0.2) is 4.79 Å². The van der Waals surface area contributed by atoms with Gasteiger partial charge in [0.05, 0.1) is 12.9 Å². The molecule has 1 amide bonds. The Morgan fingerprint density at radius 3 is 2.70 bits per heavy atom. The van der Waals surface area contributed by atoms with E-state index in [2.05, 4.69) is 5.32 Å². The van der Waals surface area contributed by atoms with E-state index in [0.717, 1.165) is 13.1 Å². The Hall–Kier alpha value is -2.16. The van der Waals surface area contributed by atoms with Crippen LogP contribution in [0.25, 0.3) is 11.3 Å². The fourth-order valence-electron chi connectivity index (χ4n) is 3.40. The summed E-state index contributed by atoms with van der Waals surface area (Å²) in [4.78, 5) is 26.2. The van der Waals surface area contributed by atoms with Crippen LogP contribution in [0.2, 0.25) is 0 Å². The van der Waals surface area contributed by atoms with E-state index in [1.165, 1.54) is 16.2 Å². The molecule has 8 heteroatoms. The van der Waals surface area contributed by atoms with E-state index in [9.17, 15) is 9.59 Å². The number of morpholine rings is 1. The molecule has 0 spiro atoms. The minimum atomic E-state index is -0.471. The summed E-state index contributed by atoms with van der Waals surface area (Å²) >= 11 is 1.29. The summed E-state index contributed by atoms with van der Waals surface area (Å²) < 4.78 is 16.3. The number of anilines is 1. The Bertz CT molecular complexity index is 776. The highest BCUT2D eigenvalue weighted by atomic mass is 32.1. The first-order valence-corrected chi connectivity index (χ1v) is 9.97. The van der Waals surface area contributed by atoms with E-state index in [4.69, 9.17) is 13.9 Å². The standard InChI is InChI=1S/C19H24N2O5S/c1-4-24-19(23)17-14(15-6-5-7-25-15)11-27-18(17)20-16(22)10-21-8-12(2)26-13(3)9-21/h5-7,11-13H,4,8-10H2,1-3H3,(H,20,22)/p+1/t12-,13-/m0/s1. The second-order valence-corrected chi connectivity index (χ2v) is 7.57. The minimum absolute atomic E-state index is 0.124. The Balaban J connectivity index is 1.76. The first kappa shape index (κ1) is 19.6. The van der Waals surface area contributed by atoms with Crippen LogP contribution in [0.3, 0.4) is 0 Å². The Labute approximate surface area is 162 Å². The van der Waals surface area contributed by atoms with Gasteiger partial charge in [-0.15, -0.1) is 11.3 Å². The van der Waals surface area contributed by atoms with E-state index >= 15 is 0 Å². The van der Waals surface area contributed by atoms with Gasteiger partial charge < -0.3 is 24.1 Å². The summed E-state index contributed by atoms with van der Waals surface area (Å²) in [6, 6.07) is 3.53. The number of nitrogens with one attached hydrogen (secondary N) is 2. The van der Waals surface area contributed by atoms with Crippen molar-refractivity contribution in [3.63, 3.8) is 0 Å². The molecule has 0 aliphatic carbocycles. The van der Waals surface area contributed by atoms with E-state index in [1.54, 1.807) is 30.7 Å². The Kier molecular flexibility index (Phi) is 6.30. The molecule has 27 heavy (non-hydrogen) atoms. The maximum atomic E-state index is 12.6. The third-order valence-corrected chi connectivity index (χ3v) is 5.23. The molecule has 0 radical (unpaired) electrons. The first-order chi connectivity index (χ1) is 13.0. The summed E-state index contributed by atoms with van der Waals surface area (Å²) in [7, 11) is 0. The SMILES string of the molecule is CCOC(=O)c1c(-c2ccco2)csc1NC(=O)C[NH+]1C[C@H](C)O[C@@H](C)C1. The van der Waals surface area contributed by atoms with Crippen molar-refractivity contribution in [1.29, 1.82) is 0 Å². The summed E-state index contributed by atoms with van der Waals surface area (Å²) in [6.07, 6.45) is 1.79. The highest BCUT2D eigenvalue weighted by Gasteiger charge is 2.29. The van der Waals surface area contributed by atoms with Gasteiger partial charge in [0.2, 0.25) is 0 Å². The molecule has 0 unspecified atom stereocenters. The number of carbonyl (C=O) groups is 2. The zero-order chi connectivity index (χ0) is 19.4. The van der Waals surface area contributed by atoms with Crippen LogP contribution < -0.4 is 10.2 Å². The van der Waals surface area contributed by atoms with E-state index in [0.29, 0.717) is 28.4 Å². The number of hydrogen-bond donors (Lipinski definition) is 2. The van der Waals surface area contributed by atoms with E-state index < -0.39 is 5.97 Å². The van der Waals surface area contributed by atoms with Crippen molar-refractivity contribution in [3.8, 4) is 11.3 Å². The quantitative estimate of drug-likeness (QED) is 0.732. The van der Waals surface area contributed by atoms with Crippen LogP contribution in [0.15, 0.2) is 28.2 Å². The topological polar surface area (TPSA) is 82.2 Å². The van der Waals surface area contributed by atoms with Crippen LogP contribution in [-0.2, 0) is 14.3 Å². The minimum Gasteiger partial charge on any atom is -0.464 e. The van der Waals surface area contributed by atoms with Gasteiger partial charge in [0.25, 0.3) is 5.91 Å². The number of esters is 1. The number of ether oxygens (including phenoxy) is 2. The van der Waals surface area contributed by atoms with Gasteiger partial charge in [-0.3, -0.25) is 4.79 Å². The number of rotatable bonds is 6. The molecule has 7 nitrogen and oxygen atoms in total. The number of quaternary nitrogens is 1. The molecule has 0 saturated carbocycles. The van der Waals surface area contributed by atoms with Crippen molar-refractivity contribution in [3.05, 3.63) is 29.3 Å². The maximum absolute atomic E-state index is 12.6. The van der Waals surface area contributed by atoms with Gasteiger partial charge in [0.1, 0.15) is 41.6 Å². The molecule has 2 aromatic rings. The highest BCUT2D eigenvalue weighted by Crippen LogP contribution is 2.36. The number of furan rings is 1. The number of carbonyl (C=O) groups excluding carboxylic acids is 2. The second kappa shape index (κ2) is 8.69. The monoisotopic (exact) mass is 393 g/mol. The molecule has 0 aromatic carbocycles. The number of hydrogen-bond acceptors (Lipinski definition) is 6. The normalized spacial score (nSPS) is 22.4. The molecule has 2 atom stereocenters. The molecule has 1 aliphatic heterocycles. The van der Waals surface area contributed by atoms with Crippen LogP contribution in [0, 0.1) is 0 Å². The molecular formula is C19H25N2O5S+. The molecule has 1 aliphatic rings. The molecular weight excluding hydrogens is 368 g/mol. The van der Waals surface area contributed by atoms with E-state index in [1.807, 2.05) is 13.8 Å². The summed E-state index contributed by atoms with van der Waals surface area (Å²) in [5, 5.41) is 5.17. The van der Waals surface area contributed by atoms with Crippen molar-refractivity contribution in [2.75, 3.05) is 31.6 Å². The largest absolute Gasteiger partial charge is 0.464 e. The predicted molar refractivity (Wildman–Crippen MR) is 102 cm³/mol. The van der Waals surface area contributed by atoms with Crippen LogP contribution in [0.1, 0.15) is 31.1 Å². The van der Waals surface area contributed by atoms with Gasteiger partial charge in [0.15, 0.2) is 6.54 Å². The number of thiophene rings is 1. The average molecular weight is 393 g/mol. The molecule has 0 bridgehead atoms. The van der Waals surface area contributed by atoms with Gasteiger partial charge >= 0.3 is 5.97 Å². The zero-order valence-corrected chi connectivity index (χ0v) is 16.6. The van der Waals surface area contributed by atoms with Crippen LogP contribution >= 0.6 is 11.3 Å². The lowest BCUT2D eigenvalue weighted by Gasteiger charge is -2.31. The lowest BCUT2D eigenvalue weighted by atomic mass is 10.1. The van der Waals surface area contributed by atoms with Crippen molar-refractivity contribution >= 4 is 28.2 Å².